The maximum Gasteiger partial charge on any atom is 0.227 e. The second-order valence-corrected chi connectivity index (χ2v) is 6.57. The van der Waals surface area contributed by atoms with Gasteiger partial charge in [0.05, 0.1) is 19.6 Å². The number of amides is 1. The van der Waals surface area contributed by atoms with Crippen molar-refractivity contribution in [2.24, 2.45) is 0 Å². The molecule has 0 aromatic heterocycles. The number of piperidine rings is 1. The normalized spacial score (nSPS) is 26.9. The highest BCUT2D eigenvalue weighted by Gasteiger charge is 2.35. The Balaban J connectivity index is 1.63. The van der Waals surface area contributed by atoms with Gasteiger partial charge >= 0.3 is 0 Å². The monoisotopic (exact) mass is 303 g/mol. The van der Waals surface area contributed by atoms with Gasteiger partial charge in [-0.2, -0.15) is 0 Å². The molecule has 0 radical (unpaired) electrons. The Morgan fingerprint density at radius 3 is 2.68 bits per heavy atom. The highest BCUT2D eigenvalue weighted by Crippen LogP contribution is 2.33. The Labute approximate surface area is 132 Å². The zero-order chi connectivity index (χ0) is 15.4. The second kappa shape index (κ2) is 6.80. The van der Waals surface area contributed by atoms with E-state index >= 15 is 0 Å². The zero-order valence-electron chi connectivity index (χ0n) is 13.3. The summed E-state index contributed by atoms with van der Waals surface area (Å²) in [5, 5.41) is 0. The van der Waals surface area contributed by atoms with Crippen LogP contribution in [0, 0.1) is 0 Å². The molecule has 0 N–H and O–H groups in total. The van der Waals surface area contributed by atoms with E-state index in [9.17, 15) is 4.79 Å². The first kappa shape index (κ1) is 15.5. The smallest absolute Gasteiger partial charge is 0.227 e. The molecule has 0 spiro atoms. The van der Waals surface area contributed by atoms with Gasteiger partial charge in [0.2, 0.25) is 5.91 Å². The van der Waals surface area contributed by atoms with Crippen LogP contribution in [0.3, 0.4) is 0 Å². The van der Waals surface area contributed by atoms with Gasteiger partial charge in [0, 0.05) is 18.5 Å². The summed E-state index contributed by atoms with van der Waals surface area (Å²) < 4.78 is 11.0. The number of likely N-dealkylation sites (tertiary alicyclic amines) is 1. The topological polar surface area (TPSA) is 38.8 Å². The Kier molecular flexibility index (Phi) is 4.79. The van der Waals surface area contributed by atoms with E-state index in [0.717, 1.165) is 32.4 Å². The van der Waals surface area contributed by atoms with E-state index in [0.29, 0.717) is 19.6 Å². The Hall–Kier alpha value is -1.39. The minimum atomic E-state index is -0.355. The summed E-state index contributed by atoms with van der Waals surface area (Å²) in [6.45, 7) is 5.27. The van der Waals surface area contributed by atoms with Crippen LogP contribution in [0.15, 0.2) is 30.3 Å². The molecule has 4 heteroatoms. The number of hydrogen-bond acceptors (Lipinski definition) is 3. The van der Waals surface area contributed by atoms with Gasteiger partial charge in [0.1, 0.15) is 0 Å². The van der Waals surface area contributed by atoms with Crippen LogP contribution in [0.1, 0.15) is 38.2 Å². The summed E-state index contributed by atoms with van der Waals surface area (Å²) in [5.41, 5.74) is 1.36. The fraction of sp³-hybridized carbons (Fsp3) is 0.611. The van der Waals surface area contributed by atoms with Crippen LogP contribution >= 0.6 is 0 Å². The standard InChI is InChI=1S/C18H25NO3/c1-18(15-7-3-2-4-8-15)9-5-10-19(14-18)16(20)13-17-21-11-6-12-22-17/h2-4,7-8,17H,5-6,9-14H2,1H3/t18-/m0/s1. The summed E-state index contributed by atoms with van der Waals surface area (Å²) in [6.07, 6.45) is 3.07. The number of benzene rings is 1. The fourth-order valence-electron chi connectivity index (χ4n) is 3.45. The average molecular weight is 303 g/mol. The number of carbonyl (C=O) groups is 1. The molecule has 2 saturated heterocycles. The lowest BCUT2D eigenvalue weighted by atomic mass is 9.76. The van der Waals surface area contributed by atoms with Gasteiger partial charge in [0.25, 0.3) is 0 Å². The maximum atomic E-state index is 12.6. The highest BCUT2D eigenvalue weighted by molar-refractivity contribution is 5.76. The van der Waals surface area contributed by atoms with Gasteiger partial charge in [-0.1, -0.05) is 37.3 Å². The van der Waals surface area contributed by atoms with Crippen molar-refractivity contribution in [1.82, 2.24) is 4.90 Å². The van der Waals surface area contributed by atoms with E-state index < -0.39 is 0 Å². The lowest BCUT2D eigenvalue weighted by molar-refractivity contribution is -0.187. The molecule has 22 heavy (non-hydrogen) atoms. The molecule has 0 bridgehead atoms. The number of nitrogens with zero attached hydrogens (tertiary/aromatic N) is 1. The number of rotatable bonds is 3. The van der Waals surface area contributed by atoms with Crippen LogP contribution < -0.4 is 0 Å². The molecule has 1 aromatic rings. The number of ether oxygens (including phenoxy) is 2. The van der Waals surface area contributed by atoms with Crippen LogP contribution in [0.5, 0.6) is 0 Å². The highest BCUT2D eigenvalue weighted by atomic mass is 16.7. The second-order valence-electron chi connectivity index (χ2n) is 6.57. The van der Waals surface area contributed by atoms with Crippen molar-refractivity contribution >= 4 is 5.91 Å². The molecule has 1 amide bonds. The first-order valence-electron chi connectivity index (χ1n) is 8.24. The number of carbonyl (C=O) groups excluding carboxylic acids is 1. The lowest BCUT2D eigenvalue weighted by Gasteiger charge is -2.41. The van der Waals surface area contributed by atoms with Gasteiger partial charge in [-0.25, -0.2) is 0 Å². The van der Waals surface area contributed by atoms with Crippen LogP contribution in [0.4, 0.5) is 0 Å². The predicted molar refractivity (Wildman–Crippen MR) is 84.5 cm³/mol. The first-order chi connectivity index (χ1) is 10.7. The Bertz CT molecular complexity index is 498. The Morgan fingerprint density at radius 2 is 1.95 bits per heavy atom. The largest absolute Gasteiger partial charge is 0.352 e. The molecule has 0 unspecified atom stereocenters. The first-order valence-corrected chi connectivity index (χ1v) is 8.24. The van der Waals surface area contributed by atoms with Crippen molar-refractivity contribution in [3.63, 3.8) is 0 Å². The van der Waals surface area contributed by atoms with Crippen LogP contribution in [0.2, 0.25) is 0 Å². The van der Waals surface area contributed by atoms with Gasteiger partial charge < -0.3 is 14.4 Å². The lowest BCUT2D eigenvalue weighted by Crippen LogP contribution is -2.48. The third-order valence-electron chi connectivity index (χ3n) is 4.76. The zero-order valence-corrected chi connectivity index (χ0v) is 13.3. The van der Waals surface area contributed by atoms with Gasteiger partial charge in [-0.3, -0.25) is 4.79 Å². The molecule has 0 aliphatic carbocycles. The Morgan fingerprint density at radius 1 is 1.23 bits per heavy atom. The maximum absolute atomic E-state index is 12.6. The van der Waals surface area contributed by atoms with Crippen LogP contribution in [-0.4, -0.2) is 43.4 Å². The minimum absolute atomic E-state index is 0.0451. The number of hydrogen-bond donors (Lipinski definition) is 0. The predicted octanol–water partition coefficient (Wildman–Crippen LogP) is 2.72. The molecular formula is C18H25NO3. The summed E-state index contributed by atoms with van der Waals surface area (Å²) in [7, 11) is 0. The quantitative estimate of drug-likeness (QED) is 0.862. The van der Waals surface area contributed by atoms with Crippen molar-refractivity contribution in [2.45, 2.75) is 44.3 Å². The summed E-state index contributed by atoms with van der Waals surface area (Å²) in [5.74, 6) is 0.147. The molecule has 1 atom stereocenters. The van der Waals surface area contributed by atoms with Crippen molar-refractivity contribution in [3.8, 4) is 0 Å². The van der Waals surface area contributed by atoms with Crippen molar-refractivity contribution in [1.29, 1.82) is 0 Å². The SMILES string of the molecule is C[C@]1(c2ccccc2)CCCN(C(=O)CC2OCCCO2)C1. The molecule has 0 saturated carbocycles. The molecule has 3 rings (SSSR count). The molecule has 2 heterocycles. The summed E-state index contributed by atoms with van der Waals surface area (Å²) >= 11 is 0. The van der Waals surface area contributed by atoms with E-state index in [-0.39, 0.29) is 17.6 Å². The summed E-state index contributed by atoms with van der Waals surface area (Å²) in [6, 6.07) is 10.5. The van der Waals surface area contributed by atoms with E-state index in [4.69, 9.17) is 9.47 Å². The van der Waals surface area contributed by atoms with E-state index in [2.05, 4.69) is 31.2 Å². The van der Waals surface area contributed by atoms with Gasteiger partial charge in [-0.15, -0.1) is 0 Å². The van der Waals surface area contributed by atoms with Crippen LogP contribution in [0.25, 0.3) is 0 Å². The molecule has 1 aromatic carbocycles. The average Bonchev–Trinajstić information content (AvgIpc) is 2.57. The molecule has 2 fully saturated rings. The van der Waals surface area contributed by atoms with Crippen LogP contribution in [-0.2, 0) is 19.7 Å². The minimum Gasteiger partial charge on any atom is -0.352 e. The molecule has 2 aliphatic rings. The van der Waals surface area contributed by atoms with Crippen molar-refractivity contribution in [2.75, 3.05) is 26.3 Å². The fourth-order valence-corrected chi connectivity index (χ4v) is 3.45. The third kappa shape index (κ3) is 3.50. The third-order valence-corrected chi connectivity index (χ3v) is 4.76. The molecule has 2 aliphatic heterocycles. The van der Waals surface area contributed by atoms with Gasteiger partial charge in [-0.05, 0) is 24.8 Å². The molecular weight excluding hydrogens is 278 g/mol. The van der Waals surface area contributed by atoms with Gasteiger partial charge in [0.15, 0.2) is 6.29 Å². The summed E-state index contributed by atoms with van der Waals surface area (Å²) in [4.78, 5) is 14.5. The van der Waals surface area contributed by atoms with E-state index in [1.165, 1.54) is 5.56 Å². The van der Waals surface area contributed by atoms with E-state index in [1.54, 1.807) is 0 Å². The van der Waals surface area contributed by atoms with E-state index in [1.807, 2.05) is 11.0 Å². The van der Waals surface area contributed by atoms with Crippen molar-refractivity contribution < 1.29 is 14.3 Å². The molecule has 120 valence electrons. The molecule has 4 nitrogen and oxygen atoms in total. The van der Waals surface area contributed by atoms with Crippen molar-refractivity contribution in [3.05, 3.63) is 35.9 Å².